The predicted molar refractivity (Wildman–Crippen MR) is 130 cm³/mol. The summed E-state index contributed by atoms with van der Waals surface area (Å²) in [5.41, 5.74) is -0.881. The molecule has 0 saturated carbocycles. The zero-order chi connectivity index (χ0) is 31.3. The Bertz CT molecular complexity index is 1630. The molecule has 0 fully saturated rings. The Balaban J connectivity index is 0.000000564. The summed E-state index contributed by atoms with van der Waals surface area (Å²) in [6.45, 7) is 1.35. The topological polar surface area (TPSA) is 152 Å². The second-order valence-corrected chi connectivity index (χ2v) is 10.1. The predicted octanol–water partition coefficient (Wildman–Crippen LogP) is 4.79. The van der Waals surface area contributed by atoms with Crippen LogP contribution in [0.25, 0.3) is 0 Å². The van der Waals surface area contributed by atoms with Crippen LogP contribution in [-0.4, -0.2) is 41.3 Å². The van der Waals surface area contributed by atoms with E-state index in [0.29, 0.717) is 10.4 Å². The van der Waals surface area contributed by atoms with Crippen molar-refractivity contribution < 1.29 is 48.6 Å². The van der Waals surface area contributed by atoms with E-state index in [1.54, 1.807) is 0 Å². The van der Waals surface area contributed by atoms with Crippen molar-refractivity contribution in [2.24, 2.45) is 4.36 Å². The lowest BCUT2D eigenvalue weighted by molar-refractivity contribution is -0.169. The molecule has 3 rings (SSSR count). The summed E-state index contributed by atoms with van der Waals surface area (Å²) in [7, 11) is -4.26. The summed E-state index contributed by atoms with van der Waals surface area (Å²) in [6, 6.07) is 10.8. The molecule has 0 saturated heterocycles. The Morgan fingerprint density at radius 3 is 2.02 bits per heavy atom. The quantitative estimate of drug-likeness (QED) is 0.448. The minimum absolute atomic E-state index is 0.00826. The van der Waals surface area contributed by atoms with Crippen molar-refractivity contribution in [1.82, 2.24) is 4.31 Å². The van der Waals surface area contributed by atoms with Gasteiger partial charge in [0.05, 0.1) is 40.8 Å². The van der Waals surface area contributed by atoms with Crippen LogP contribution in [-0.2, 0) is 32.5 Å². The first kappa shape index (κ1) is 32.7. The number of carbonyl (C=O) groups is 2. The minimum atomic E-state index is -5.02. The average molecular weight is 620 g/mol. The van der Waals surface area contributed by atoms with E-state index < -0.39 is 57.4 Å². The molecule has 18 heteroatoms. The van der Waals surface area contributed by atoms with Gasteiger partial charge in [-0.25, -0.2) is 17.5 Å². The molecule has 0 unspecified atom stereocenters. The van der Waals surface area contributed by atoms with Crippen LogP contribution < -0.4 is 4.90 Å². The maximum Gasteiger partial charge on any atom is 0.474 e. The SMILES string of the molecule is CC1=C(C#N)[C@@H](c2ccc(C#N)cc2)N(S(C)(=O)=O)C(=O)N1c1cccc(C(F)(F)F)c1.O=S=NC(=O)C(F)(F)F. The third-order valence-electron chi connectivity index (χ3n) is 5.24. The van der Waals surface area contributed by atoms with E-state index in [9.17, 15) is 53.8 Å². The minimum Gasteiger partial charge on any atom is -0.265 e. The fraction of sp³-hybridized carbons (Fsp3) is 0.217. The van der Waals surface area contributed by atoms with Gasteiger partial charge in [-0.05, 0) is 42.8 Å². The van der Waals surface area contributed by atoms with Gasteiger partial charge < -0.3 is 0 Å². The highest BCUT2D eigenvalue weighted by Gasteiger charge is 2.45. The number of amides is 3. The van der Waals surface area contributed by atoms with Gasteiger partial charge in [0.1, 0.15) is 6.04 Å². The molecule has 0 radical (unpaired) electrons. The first-order valence-electron chi connectivity index (χ1n) is 10.6. The summed E-state index contributed by atoms with van der Waals surface area (Å²) < 4.78 is 110. The fourth-order valence-electron chi connectivity index (χ4n) is 3.52. The smallest absolute Gasteiger partial charge is 0.265 e. The van der Waals surface area contributed by atoms with E-state index in [-0.39, 0.29) is 28.1 Å². The Kier molecular flexibility index (Phi) is 9.81. The van der Waals surface area contributed by atoms with Crippen LogP contribution in [0.4, 0.5) is 36.8 Å². The lowest BCUT2D eigenvalue weighted by Crippen LogP contribution is -2.51. The van der Waals surface area contributed by atoms with Crippen LogP contribution in [0.2, 0.25) is 0 Å². The van der Waals surface area contributed by atoms with E-state index in [1.165, 1.54) is 37.3 Å². The number of rotatable bonds is 3. The molecule has 2 aromatic rings. The summed E-state index contributed by atoms with van der Waals surface area (Å²) in [6.07, 6.45) is -8.94. The second-order valence-electron chi connectivity index (χ2n) is 7.94. The number of anilines is 1. The molecule has 0 aliphatic carbocycles. The summed E-state index contributed by atoms with van der Waals surface area (Å²) in [5.74, 6) is -2.36. The molecule has 0 N–H and O–H groups in total. The molecule has 1 heterocycles. The van der Waals surface area contributed by atoms with Gasteiger partial charge >= 0.3 is 24.3 Å². The number of halogens is 6. The molecular weight excluding hydrogens is 604 g/mol. The zero-order valence-electron chi connectivity index (χ0n) is 20.6. The van der Waals surface area contributed by atoms with Crippen molar-refractivity contribution in [2.75, 3.05) is 11.2 Å². The maximum absolute atomic E-state index is 13.3. The standard InChI is InChI=1S/C21H15F3N4O3S.C2F3NO2S/c1-13-18(12-26)19(15-8-6-14(11-25)7-9-15)28(32(2,30)31)20(29)27(13)17-5-3-4-16(10-17)21(22,23)24;3-2(4,5)1(7)6-9-8/h3-10,19H,1-2H3;/t19-;/m1./s1. The third-order valence-corrected chi connectivity index (χ3v) is 6.56. The molecule has 1 aliphatic rings. The van der Waals surface area contributed by atoms with Gasteiger partial charge in [-0.3, -0.25) is 9.69 Å². The lowest BCUT2D eigenvalue weighted by Gasteiger charge is -2.40. The lowest BCUT2D eigenvalue weighted by atomic mass is 9.95. The van der Waals surface area contributed by atoms with Crippen LogP contribution in [0.5, 0.6) is 0 Å². The molecule has 1 atom stereocenters. The van der Waals surface area contributed by atoms with Gasteiger partial charge in [-0.1, -0.05) is 18.2 Å². The number of carbonyl (C=O) groups excluding carboxylic acids is 2. The van der Waals surface area contributed by atoms with Gasteiger partial charge in [0.25, 0.3) is 0 Å². The normalized spacial score (nSPS) is 15.8. The summed E-state index contributed by atoms with van der Waals surface area (Å²) in [5, 5.41) is 18.8. The van der Waals surface area contributed by atoms with Gasteiger partial charge in [0.15, 0.2) is 0 Å². The van der Waals surface area contributed by atoms with Crippen LogP contribution in [0, 0.1) is 22.7 Å². The highest BCUT2D eigenvalue weighted by atomic mass is 32.2. The van der Waals surface area contributed by atoms with Crippen molar-refractivity contribution in [3.8, 4) is 12.1 Å². The van der Waals surface area contributed by atoms with Crippen molar-refractivity contribution in [1.29, 1.82) is 10.5 Å². The van der Waals surface area contributed by atoms with Crippen LogP contribution in [0.15, 0.2) is 64.2 Å². The van der Waals surface area contributed by atoms with Crippen LogP contribution in [0.1, 0.15) is 29.7 Å². The molecule has 41 heavy (non-hydrogen) atoms. The monoisotopic (exact) mass is 619 g/mol. The number of alkyl halides is 6. The molecule has 0 bridgehead atoms. The van der Waals surface area contributed by atoms with E-state index >= 15 is 0 Å². The molecule has 1 aliphatic heterocycles. The summed E-state index contributed by atoms with van der Waals surface area (Å²) in [4.78, 5) is 23.6. The Morgan fingerprint density at radius 1 is 1.02 bits per heavy atom. The van der Waals surface area contributed by atoms with Gasteiger partial charge in [-0.2, -0.15) is 41.1 Å². The van der Waals surface area contributed by atoms with Gasteiger partial charge in [0.2, 0.25) is 21.5 Å². The second kappa shape index (κ2) is 12.3. The molecule has 0 aromatic heterocycles. The first-order chi connectivity index (χ1) is 18.9. The fourth-order valence-corrected chi connectivity index (χ4v) is 4.66. The van der Waals surface area contributed by atoms with E-state index in [4.69, 9.17) is 5.26 Å². The number of nitrogens with zero attached hydrogens (tertiary/aromatic N) is 5. The first-order valence-corrected chi connectivity index (χ1v) is 13.2. The maximum atomic E-state index is 13.3. The Morgan fingerprint density at radius 2 is 1.61 bits per heavy atom. The third kappa shape index (κ3) is 7.56. The molecule has 2 aromatic carbocycles. The molecule has 3 amide bonds. The van der Waals surface area contributed by atoms with Crippen molar-refractivity contribution in [3.63, 3.8) is 0 Å². The number of sulfonamides is 1. The van der Waals surface area contributed by atoms with Crippen LogP contribution in [0.3, 0.4) is 0 Å². The number of benzene rings is 2. The Labute approximate surface area is 232 Å². The largest absolute Gasteiger partial charge is 0.474 e. The number of nitriles is 2. The zero-order valence-corrected chi connectivity index (χ0v) is 22.2. The van der Waals surface area contributed by atoms with Crippen molar-refractivity contribution >= 4 is 39.1 Å². The highest BCUT2D eigenvalue weighted by molar-refractivity contribution is 7.88. The molecular formula is C23H15F6N5O5S2. The van der Waals surface area contributed by atoms with E-state index in [0.717, 1.165) is 23.3 Å². The molecule has 10 nitrogen and oxygen atoms in total. The average Bonchev–Trinajstić information content (AvgIpc) is 2.87. The van der Waals surface area contributed by atoms with Crippen molar-refractivity contribution in [2.45, 2.75) is 25.3 Å². The number of urea groups is 1. The number of hydrogen-bond acceptors (Lipinski definition) is 7. The molecule has 0 spiro atoms. The summed E-state index contributed by atoms with van der Waals surface area (Å²) >= 11 is -0.758. The van der Waals surface area contributed by atoms with E-state index in [2.05, 4.69) is 0 Å². The number of hydrogen-bond donors (Lipinski definition) is 0. The van der Waals surface area contributed by atoms with Crippen LogP contribution >= 0.6 is 0 Å². The van der Waals surface area contributed by atoms with Gasteiger partial charge in [-0.15, -0.1) is 4.36 Å². The van der Waals surface area contributed by atoms with Gasteiger partial charge in [0, 0.05) is 5.70 Å². The van der Waals surface area contributed by atoms with Crippen molar-refractivity contribution in [3.05, 3.63) is 76.5 Å². The molecule has 216 valence electrons. The van der Waals surface area contributed by atoms with E-state index in [1.807, 2.05) is 16.5 Å². The number of allylic oxidation sites excluding steroid dienone is 1. The Hall–Kier alpha value is -4.55. The highest BCUT2D eigenvalue weighted by Crippen LogP contribution is 2.41.